The zero-order valence-corrected chi connectivity index (χ0v) is 13.7. The summed E-state index contributed by atoms with van der Waals surface area (Å²) in [6.07, 6.45) is 1.82. The van der Waals surface area contributed by atoms with Crippen molar-refractivity contribution >= 4 is 15.9 Å². The van der Waals surface area contributed by atoms with E-state index >= 15 is 0 Å². The minimum Gasteiger partial charge on any atom is -0.311 e. The van der Waals surface area contributed by atoms with Crippen LogP contribution in [0.3, 0.4) is 0 Å². The Morgan fingerprint density at radius 3 is 2.75 bits per heavy atom. The number of benzene rings is 1. The van der Waals surface area contributed by atoms with Crippen LogP contribution in [0.5, 0.6) is 0 Å². The monoisotopic (exact) mass is 333 g/mol. The van der Waals surface area contributed by atoms with Gasteiger partial charge < -0.3 is 5.32 Å². The lowest BCUT2D eigenvalue weighted by Crippen LogP contribution is -2.19. The third-order valence-corrected chi connectivity index (χ3v) is 3.86. The van der Waals surface area contributed by atoms with Crippen LogP contribution in [0, 0.1) is 12.8 Å². The van der Waals surface area contributed by atoms with E-state index in [1.165, 1.54) is 5.56 Å². The Labute approximate surface area is 129 Å². The van der Waals surface area contributed by atoms with Crippen LogP contribution in [0.25, 0.3) is 11.4 Å². The molecule has 0 aliphatic heterocycles. The average Bonchev–Trinajstić information content (AvgIpc) is 2.42. The van der Waals surface area contributed by atoms with E-state index in [1.54, 1.807) is 0 Å². The molecule has 2 rings (SSSR count). The summed E-state index contributed by atoms with van der Waals surface area (Å²) in [5.41, 5.74) is 3.27. The van der Waals surface area contributed by atoms with Gasteiger partial charge in [0.1, 0.15) is 0 Å². The smallest absolute Gasteiger partial charge is 0.159 e. The fraction of sp³-hybridized carbons (Fsp3) is 0.375. The van der Waals surface area contributed by atoms with E-state index in [9.17, 15) is 0 Å². The molecule has 0 amide bonds. The third kappa shape index (κ3) is 4.12. The molecule has 0 spiro atoms. The van der Waals surface area contributed by atoms with E-state index in [4.69, 9.17) is 0 Å². The van der Waals surface area contributed by atoms with Crippen LogP contribution in [-0.2, 0) is 6.54 Å². The van der Waals surface area contributed by atoms with Crippen molar-refractivity contribution in [2.24, 2.45) is 5.92 Å². The Bertz CT molecular complexity index is 582. The van der Waals surface area contributed by atoms with Crippen LogP contribution in [0.1, 0.15) is 25.1 Å². The van der Waals surface area contributed by atoms with Gasteiger partial charge in [0.25, 0.3) is 0 Å². The fourth-order valence-electron chi connectivity index (χ4n) is 1.85. The van der Waals surface area contributed by atoms with E-state index in [0.29, 0.717) is 5.92 Å². The van der Waals surface area contributed by atoms with Gasteiger partial charge >= 0.3 is 0 Å². The molecular weight excluding hydrogens is 314 g/mol. The number of hydrogen-bond acceptors (Lipinski definition) is 3. The summed E-state index contributed by atoms with van der Waals surface area (Å²) in [5, 5.41) is 3.40. The predicted molar refractivity (Wildman–Crippen MR) is 86.4 cm³/mol. The molecule has 106 valence electrons. The zero-order valence-electron chi connectivity index (χ0n) is 12.2. The molecule has 0 unspecified atom stereocenters. The molecule has 0 radical (unpaired) electrons. The first-order valence-electron chi connectivity index (χ1n) is 6.85. The van der Waals surface area contributed by atoms with Crippen molar-refractivity contribution in [2.75, 3.05) is 6.54 Å². The summed E-state index contributed by atoms with van der Waals surface area (Å²) in [4.78, 5) is 8.98. The normalized spacial score (nSPS) is 11.1. The number of hydrogen-bond donors (Lipinski definition) is 1. The maximum absolute atomic E-state index is 4.62. The van der Waals surface area contributed by atoms with Crippen molar-refractivity contribution in [1.29, 1.82) is 0 Å². The van der Waals surface area contributed by atoms with Gasteiger partial charge in [0.2, 0.25) is 0 Å². The molecule has 1 aromatic carbocycles. The Hall–Kier alpha value is -1.26. The van der Waals surface area contributed by atoms with Gasteiger partial charge in [-0.05, 0) is 37.1 Å². The van der Waals surface area contributed by atoms with Crippen LogP contribution in [-0.4, -0.2) is 16.5 Å². The summed E-state index contributed by atoms with van der Waals surface area (Å²) in [6, 6.07) is 8.16. The number of halogens is 1. The number of nitrogens with zero attached hydrogens (tertiary/aromatic N) is 2. The molecule has 4 heteroatoms. The van der Waals surface area contributed by atoms with Crippen molar-refractivity contribution in [3.05, 3.63) is 46.2 Å². The van der Waals surface area contributed by atoms with Gasteiger partial charge in [0.05, 0.1) is 5.69 Å². The molecule has 1 N–H and O–H groups in total. The molecule has 0 saturated heterocycles. The number of rotatable bonds is 5. The van der Waals surface area contributed by atoms with Gasteiger partial charge in [-0.25, -0.2) is 9.97 Å². The lowest BCUT2D eigenvalue weighted by atomic mass is 10.1. The largest absolute Gasteiger partial charge is 0.311 e. The van der Waals surface area contributed by atoms with Crippen LogP contribution < -0.4 is 5.32 Å². The van der Waals surface area contributed by atoms with E-state index in [2.05, 4.69) is 70.2 Å². The second-order valence-electron chi connectivity index (χ2n) is 5.36. The second kappa shape index (κ2) is 6.95. The Balaban J connectivity index is 2.14. The van der Waals surface area contributed by atoms with Crippen molar-refractivity contribution in [1.82, 2.24) is 15.3 Å². The van der Waals surface area contributed by atoms with Gasteiger partial charge in [-0.15, -0.1) is 0 Å². The highest BCUT2D eigenvalue weighted by atomic mass is 79.9. The second-order valence-corrected chi connectivity index (χ2v) is 6.21. The molecule has 0 aliphatic rings. The Morgan fingerprint density at radius 1 is 1.25 bits per heavy atom. The van der Waals surface area contributed by atoms with E-state index < -0.39 is 0 Å². The minimum absolute atomic E-state index is 0.643. The summed E-state index contributed by atoms with van der Waals surface area (Å²) >= 11 is 3.55. The van der Waals surface area contributed by atoms with Gasteiger partial charge in [0, 0.05) is 22.8 Å². The van der Waals surface area contributed by atoms with Crippen molar-refractivity contribution in [3.8, 4) is 11.4 Å². The Kier molecular flexibility index (Phi) is 5.26. The third-order valence-electron chi connectivity index (χ3n) is 3.00. The van der Waals surface area contributed by atoms with Gasteiger partial charge in [-0.3, -0.25) is 0 Å². The molecular formula is C16H20BrN3. The maximum atomic E-state index is 4.62. The first kappa shape index (κ1) is 15.1. The first-order chi connectivity index (χ1) is 9.56. The summed E-state index contributed by atoms with van der Waals surface area (Å²) in [5.74, 6) is 1.42. The zero-order chi connectivity index (χ0) is 14.5. The Morgan fingerprint density at radius 2 is 2.05 bits per heavy atom. The van der Waals surface area contributed by atoms with Crippen molar-refractivity contribution in [3.63, 3.8) is 0 Å². The molecule has 1 heterocycles. The van der Waals surface area contributed by atoms with Gasteiger partial charge in [-0.2, -0.15) is 0 Å². The van der Waals surface area contributed by atoms with Crippen molar-refractivity contribution < 1.29 is 0 Å². The van der Waals surface area contributed by atoms with Crippen LogP contribution in [0.2, 0.25) is 0 Å². The van der Waals surface area contributed by atoms with Crippen LogP contribution in [0.15, 0.2) is 34.9 Å². The lowest BCUT2D eigenvalue weighted by Gasteiger charge is -2.08. The van der Waals surface area contributed by atoms with E-state index in [1.807, 2.05) is 12.3 Å². The maximum Gasteiger partial charge on any atom is 0.159 e. The number of aromatic nitrogens is 2. The molecule has 0 aliphatic carbocycles. The van der Waals surface area contributed by atoms with Gasteiger partial charge in [0.15, 0.2) is 5.82 Å². The number of nitrogens with one attached hydrogen (secondary N) is 1. The topological polar surface area (TPSA) is 37.8 Å². The fourth-order valence-corrected chi connectivity index (χ4v) is 2.23. The molecule has 0 saturated carbocycles. The summed E-state index contributed by atoms with van der Waals surface area (Å²) in [6.45, 7) is 8.24. The molecule has 0 bridgehead atoms. The quantitative estimate of drug-likeness (QED) is 0.899. The SMILES string of the molecule is Cc1ccc(-c2nccc(CNCC(C)C)n2)cc1Br. The lowest BCUT2D eigenvalue weighted by molar-refractivity contribution is 0.548. The van der Waals surface area contributed by atoms with Crippen LogP contribution in [0.4, 0.5) is 0 Å². The highest BCUT2D eigenvalue weighted by molar-refractivity contribution is 9.10. The molecule has 2 aromatic rings. The molecule has 1 aromatic heterocycles. The minimum atomic E-state index is 0.643. The summed E-state index contributed by atoms with van der Waals surface area (Å²) in [7, 11) is 0. The highest BCUT2D eigenvalue weighted by Gasteiger charge is 2.05. The highest BCUT2D eigenvalue weighted by Crippen LogP contribution is 2.23. The molecule has 20 heavy (non-hydrogen) atoms. The predicted octanol–water partition coefficient (Wildman–Crippen LogP) is 3.96. The average molecular weight is 334 g/mol. The first-order valence-corrected chi connectivity index (χ1v) is 7.64. The van der Waals surface area contributed by atoms with Crippen LogP contribution >= 0.6 is 15.9 Å². The molecule has 3 nitrogen and oxygen atoms in total. The summed E-state index contributed by atoms with van der Waals surface area (Å²) < 4.78 is 1.09. The molecule has 0 fully saturated rings. The molecule has 0 atom stereocenters. The number of aryl methyl sites for hydroxylation is 1. The van der Waals surface area contributed by atoms with E-state index in [0.717, 1.165) is 34.6 Å². The standard InChI is InChI=1S/C16H20BrN3/c1-11(2)9-18-10-14-6-7-19-16(20-14)13-5-4-12(3)15(17)8-13/h4-8,11,18H,9-10H2,1-3H3. The van der Waals surface area contributed by atoms with Crippen molar-refractivity contribution in [2.45, 2.75) is 27.3 Å². The van der Waals surface area contributed by atoms with Gasteiger partial charge in [-0.1, -0.05) is 41.9 Å². The van der Waals surface area contributed by atoms with E-state index in [-0.39, 0.29) is 0 Å².